The van der Waals surface area contributed by atoms with Gasteiger partial charge in [0, 0.05) is 67.0 Å². The number of pyridine rings is 1. The second-order valence-corrected chi connectivity index (χ2v) is 20.8. The quantitative estimate of drug-likeness (QED) is 0.129. The summed E-state index contributed by atoms with van der Waals surface area (Å²) in [5.41, 5.74) is 0.0325. The van der Waals surface area contributed by atoms with Gasteiger partial charge in [-0.3, -0.25) is 14.2 Å². The summed E-state index contributed by atoms with van der Waals surface area (Å²) in [7, 11) is 1.05. The molecule has 6 rings (SSSR count). The molecule has 2 aliphatic heterocycles. The molecule has 18 heteroatoms. The normalized spacial score (nSPS) is 19.4. The van der Waals surface area contributed by atoms with Gasteiger partial charge in [-0.15, -0.1) is 0 Å². The number of hydrogen-bond donors (Lipinski definition) is 1. The number of amides is 2. The summed E-state index contributed by atoms with van der Waals surface area (Å²) >= 11 is 0. The van der Waals surface area contributed by atoms with E-state index in [4.69, 9.17) is 27.8 Å². The van der Waals surface area contributed by atoms with Gasteiger partial charge in [-0.1, -0.05) is 12.1 Å². The number of benzene rings is 2. The minimum absolute atomic E-state index is 0.0493. The molecule has 3 aliphatic rings. The predicted octanol–water partition coefficient (Wildman–Crippen LogP) is 7.14. The SMILES string of the molecule is COc1c(N2C[C@@H]3CCCN(C(=O)OC(C)(C)C)[C@H]3C2)c(F)cc2c(=O)c(C(=O)OCC(=O)Nc3ccc(CC(P(C)OC)P(=O)(OC)OC)cc3)cn(C3CC3)c12. The Hall–Kier alpha value is -4.07. The summed E-state index contributed by atoms with van der Waals surface area (Å²) in [6, 6.07) is 7.70. The Morgan fingerprint density at radius 1 is 1.03 bits per heavy atom. The van der Waals surface area contributed by atoms with Gasteiger partial charge in [0.05, 0.1) is 24.1 Å². The molecule has 3 aromatic rings. The summed E-state index contributed by atoms with van der Waals surface area (Å²) in [5.74, 6) is -2.11. The highest BCUT2D eigenvalue weighted by molar-refractivity contribution is 7.71. The maximum atomic E-state index is 16.3. The van der Waals surface area contributed by atoms with Gasteiger partial charge in [0.1, 0.15) is 22.3 Å². The van der Waals surface area contributed by atoms with Crippen molar-refractivity contribution < 1.29 is 51.1 Å². The van der Waals surface area contributed by atoms with Crippen LogP contribution in [-0.4, -0.2) is 106 Å². The average Bonchev–Trinajstić information content (AvgIpc) is 3.95. The molecule has 3 heterocycles. The first-order valence-corrected chi connectivity index (χ1v) is 22.6. The monoisotopic (exact) mass is 846 g/mol. The van der Waals surface area contributed by atoms with Crippen LogP contribution in [0.15, 0.2) is 41.3 Å². The minimum Gasteiger partial charge on any atom is -0.492 e. The number of anilines is 2. The molecule has 2 aromatic carbocycles. The van der Waals surface area contributed by atoms with Crippen LogP contribution in [-0.2, 0) is 38.8 Å². The van der Waals surface area contributed by atoms with Crippen molar-refractivity contribution in [1.82, 2.24) is 9.47 Å². The third kappa shape index (κ3) is 9.21. The first kappa shape index (κ1) is 43.5. The van der Waals surface area contributed by atoms with Crippen LogP contribution in [0.25, 0.3) is 10.9 Å². The van der Waals surface area contributed by atoms with Crippen LogP contribution in [0.2, 0.25) is 0 Å². The summed E-state index contributed by atoms with van der Waals surface area (Å²) < 4.78 is 64.1. The van der Waals surface area contributed by atoms with Gasteiger partial charge < -0.3 is 47.5 Å². The van der Waals surface area contributed by atoms with E-state index in [1.807, 2.05) is 32.3 Å². The van der Waals surface area contributed by atoms with E-state index in [0.717, 1.165) is 37.3 Å². The van der Waals surface area contributed by atoms with Gasteiger partial charge in [-0.05, 0) is 89.2 Å². The number of esters is 1. The van der Waals surface area contributed by atoms with E-state index in [1.165, 1.54) is 27.5 Å². The number of hydrogen-bond acceptors (Lipinski definition) is 12. The Morgan fingerprint density at radius 2 is 1.72 bits per heavy atom. The molecule has 2 amide bonds. The molecule has 2 unspecified atom stereocenters. The van der Waals surface area contributed by atoms with Crippen LogP contribution in [0, 0.1) is 11.7 Å². The number of carbonyl (C=O) groups excluding carboxylic acids is 3. The molecule has 1 aromatic heterocycles. The number of nitrogens with zero attached hydrogens (tertiary/aromatic N) is 3. The summed E-state index contributed by atoms with van der Waals surface area (Å²) in [6.07, 6.45) is 4.56. The fourth-order valence-corrected chi connectivity index (χ4v) is 12.1. The fourth-order valence-electron chi connectivity index (χ4n) is 7.85. The molecule has 0 spiro atoms. The Kier molecular flexibility index (Phi) is 13.2. The van der Waals surface area contributed by atoms with Crippen molar-refractivity contribution in [3.05, 3.63) is 63.7 Å². The summed E-state index contributed by atoms with van der Waals surface area (Å²) in [4.78, 5) is 57.0. The molecule has 316 valence electrons. The third-order valence-electron chi connectivity index (χ3n) is 10.9. The lowest BCUT2D eigenvalue weighted by Gasteiger charge is -2.37. The van der Waals surface area contributed by atoms with Gasteiger partial charge >= 0.3 is 19.7 Å². The first-order valence-electron chi connectivity index (χ1n) is 19.3. The Morgan fingerprint density at radius 3 is 2.33 bits per heavy atom. The summed E-state index contributed by atoms with van der Waals surface area (Å²) in [5, 5.41) is 2.10. The summed E-state index contributed by atoms with van der Waals surface area (Å²) in [6.45, 7) is 8.00. The van der Waals surface area contributed by atoms with Crippen molar-refractivity contribution in [2.24, 2.45) is 5.92 Å². The number of carbonyl (C=O) groups is 3. The van der Waals surface area contributed by atoms with Crippen LogP contribution in [0.1, 0.15) is 68.4 Å². The third-order valence-corrected chi connectivity index (χ3v) is 16.2. The molecular weight excluding hydrogens is 793 g/mol. The number of halogens is 1. The van der Waals surface area contributed by atoms with Crippen molar-refractivity contribution in [3.63, 3.8) is 0 Å². The Bertz CT molecular complexity index is 2130. The zero-order chi connectivity index (χ0) is 42.1. The number of methoxy groups -OCH3 is 1. The van der Waals surface area contributed by atoms with E-state index in [-0.39, 0.29) is 40.4 Å². The number of piperidine rings is 1. The molecule has 1 saturated carbocycles. The molecule has 0 bridgehead atoms. The van der Waals surface area contributed by atoms with Crippen LogP contribution >= 0.6 is 15.7 Å². The van der Waals surface area contributed by atoms with Crippen LogP contribution in [0.3, 0.4) is 0 Å². The molecule has 4 atom stereocenters. The van der Waals surface area contributed by atoms with Crippen LogP contribution in [0.4, 0.5) is 20.6 Å². The van der Waals surface area contributed by atoms with E-state index < -0.39 is 62.6 Å². The van der Waals surface area contributed by atoms with Crippen molar-refractivity contribution >= 4 is 56.0 Å². The van der Waals surface area contributed by atoms with Crippen molar-refractivity contribution in [3.8, 4) is 5.75 Å². The lowest BCUT2D eigenvalue weighted by atomic mass is 9.92. The molecular formula is C40H53FN4O11P2. The lowest BCUT2D eigenvalue weighted by Crippen LogP contribution is -2.50. The second kappa shape index (κ2) is 17.6. The highest BCUT2D eigenvalue weighted by Crippen LogP contribution is 2.64. The van der Waals surface area contributed by atoms with Gasteiger partial charge in [0.2, 0.25) is 5.43 Å². The Balaban J connectivity index is 1.18. The van der Waals surface area contributed by atoms with Crippen LogP contribution < -0.4 is 20.4 Å². The standard InChI is InChI=1S/C40H53FN4O11P2/c1-40(2,3)56-39(49)44-17-9-10-25-20-43(22-31(25)44)35-30(41)19-28-34(37(35)51-4)45(27-15-16-27)21-29(36(28)47)38(48)55-23-32(46)42-26-13-11-24(12-14-26)18-33(57(8)52-5)58(50,53-6)54-7/h11-14,19,21,25,27,31,33H,9-10,15-18,20,22-23H2,1-8H3,(H,42,46)/t25-,31-,33?,57?/m0/s1. The van der Waals surface area contributed by atoms with Crippen LogP contribution in [0.5, 0.6) is 5.75 Å². The first-order chi connectivity index (χ1) is 27.5. The number of rotatable bonds is 14. The maximum Gasteiger partial charge on any atom is 0.410 e. The lowest BCUT2D eigenvalue weighted by molar-refractivity contribution is -0.119. The number of likely N-dealkylation sites (tertiary alicyclic amines) is 1. The molecule has 1 aliphatic carbocycles. The number of aromatic nitrogens is 1. The number of nitrogens with one attached hydrogen (secondary N) is 1. The molecule has 58 heavy (non-hydrogen) atoms. The highest BCUT2D eigenvalue weighted by atomic mass is 31.2. The van der Waals surface area contributed by atoms with Crippen molar-refractivity contribution in [1.29, 1.82) is 0 Å². The number of ether oxygens (including phenoxy) is 3. The molecule has 0 radical (unpaired) electrons. The van der Waals surface area contributed by atoms with Gasteiger partial charge in [-0.2, -0.15) is 0 Å². The van der Waals surface area contributed by atoms with Crippen molar-refractivity contribution in [2.45, 2.75) is 76.0 Å². The van der Waals surface area contributed by atoms with Gasteiger partial charge in [-0.25, -0.2) is 14.0 Å². The topological polar surface area (TPSA) is 164 Å². The smallest absolute Gasteiger partial charge is 0.410 e. The zero-order valence-corrected chi connectivity index (χ0v) is 36.0. The molecule has 1 N–H and O–H groups in total. The minimum atomic E-state index is -3.44. The van der Waals surface area contributed by atoms with E-state index in [2.05, 4.69) is 5.32 Å². The van der Waals surface area contributed by atoms with Gasteiger partial charge in [0.25, 0.3) is 5.91 Å². The van der Waals surface area contributed by atoms with E-state index in [9.17, 15) is 23.7 Å². The zero-order valence-electron chi connectivity index (χ0n) is 34.2. The number of fused-ring (bicyclic) bond motifs is 2. The molecule has 2 saturated heterocycles. The second-order valence-electron chi connectivity index (χ2n) is 15.8. The predicted molar refractivity (Wildman–Crippen MR) is 219 cm³/mol. The van der Waals surface area contributed by atoms with Crippen molar-refractivity contribution in [2.75, 3.05) is 71.6 Å². The van der Waals surface area contributed by atoms with Gasteiger partial charge in [0.15, 0.2) is 18.2 Å². The molecule has 3 fully saturated rings. The van der Waals surface area contributed by atoms with E-state index >= 15 is 4.39 Å². The Labute approximate surface area is 338 Å². The average molecular weight is 847 g/mol. The van der Waals surface area contributed by atoms with E-state index in [1.54, 1.807) is 40.8 Å². The highest BCUT2D eigenvalue weighted by Gasteiger charge is 2.44. The maximum absolute atomic E-state index is 16.3. The fraction of sp³-hybridized carbons (Fsp3) is 0.550. The van der Waals surface area contributed by atoms with E-state index in [0.29, 0.717) is 37.3 Å². The largest absolute Gasteiger partial charge is 0.492 e. The molecule has 15 nitrogen and oxygen atoms in total.